The summed E-state index contributed by atoms with van der Waals surface area (Å²) in [5, 5.41) is 0. The molecule has 0 bridgehead atoms. The Hall–Kier alpha value is -2.48. The molecule has 1 aromatic heterocycles. The van der Waals surface area contributed by atoms with E-state index in [1.165, 1.54) is 12.1 Å². The summed E-state index contributed by atoms with van der Waals surface area (Å²) in [5.41, 5.74) is 0.0584. The van der Waals surface area contributed by atoms with Gasteiger partial charge in [0.2, 0.25) is 5.89 Å². The van der Waals surface area contributed by atoms with Crippen LogP contribution in [0.15, 0.2) is 34.9 Å². The number of benzene rings is 1. The predicted molar refractivity (Wildman–Crippen MR) is 99.5 cm³/mol. The van der Waals surface area contributed by atoms with Gasteiger partial charge in [-0.1, -0.05) is 32.9 Å². The van der Waals surface area contributed by atoms with Crippen molar-refractivity contribution in [1.29, 1.82) is 0 Å². The van der Waals surface area contributed by atoms with Crippen molar-refractivity contribution in [3.63, 3.8) is 0 Å². The van der Waals surface area contributed by atoms with Crippen LogP contribution in [0.25, 0.3) is 0 Å². The molecule has 28 heavy (non-hydrogen) atoms. The lowest BCUT2D eigenvalue weighted by Crippen LogP contribution is -2.48. The topological polar surface area (TPSA) is 58.8 Å². The molecule has 1 amide bonds. The van der Waals surface area contributed by atoms with E-state index in [1.807, 2.05) is 0 Å². The fourth-order valence-corrected chi connectivity index (χ4v) is 3.04. The van der Waals surface area contributed by atoms with Gasteiger partial charge in [0.25, 0.3) is 5.91 Å². The standard InChI is InChI=1S/C20H25F2N3O3/c1-20(2,3)16-12-23-17(28-16)13-24-8-10-25(11-9-24)18(26)14-6-4-5-7-15(14)27-19(21)22/h4-7,12,19H,8-11,13H2,1-3H3. The Labute approximate surface area is 163 Å². The number of carbonyl (C=O) groups is 1. The summed E-state index contributed by atoms with van der Waals surface area (Å²) in [4.78, 5) is 20.9. The molecule has 1 aromatic carbocycles. The minimum Gasteiger partial charge on any atom is -0.444 e. The summed E-state index contributed by atoms with van der Waals surface area (Å²) in [6.07, 6.45) is 1.76. The summed E-state index contributed by atoms with van der Waals surface area (Å²) < 4.78 is 35.4. The Morgan fingerprint density at radius 2 is 1.89 bits per heavy atom. The van der Waals surface area contributed by atoms with Gasteiger partial charge in [0.05, 0.1) is 18.3 Å². The highest BCUT2D eigenvalue weighted by molar-refractivity contribution is 5.97. The first-order chi connectivity index (χ1) is 13.2. The van der Waals surface area contributed by atoms with Crippen LogP contribution in [0.5, 0.6) is 5.75 Å². The Kier molecular flexibility index (Phi) is 5.98. The molecule has 0 unspecified atom stereocenters. The molecule has 8 heteroatoms. The van der Waals surface area contributed by atoms with E-state index in [-0.39, 0.29) is 22.6 Å². The third-order valence-corrected chi connectivity index (χ3v) is 4.64. The Balaban J connectivity index is 1.58. The van der Waals surface area contributed by atoms with Crippen molar-refractivity contribution in [3.05, 3.63) is 47.7 Å². The minimum absolute atomic E-state index is 0.0932. The molecular weight excluding hydrogens is 368 g/mol. The number of nitrogens with zero attached hydrogens (tertiary/aromatic N) is 3. The predicted octanol–water partition coefficient (Wildman–Crippen LogP) is 3.53. The van der Waals surface area contributed by atoms with Gasteiger partial charge in [0, 0.05) is 31.6 Å². The van der Waals surface area contributed by atoms with Crippen LogP contribution in [-0.4, -0.2) is 53.5 Å². The van der Waals surface area contributed by atoms with E-state index in [1.54, 1.807) is 23.2 Å². The summed E-state index contributed by atoms with van der Waals surface area (Å²) in [6.45, 7) is 6.09. The van der Waals surface area contributed by atoms with E-state index in [2.05, 4.69) is 35.4 Å². The first-order valence-electron chi connectivity index (χ1n) is 9.24. The highest BCUT2D eigenvalue weighted by Gasteiger charge is 2.26. The second kappa shape index (κ2) is 8.26. The van der Waals surface area contributed by atoms with Gasteiger partial charge in [-0.05, 0) is 12.1 Å². The zero-order valence-electron chi connectivity index (χ0n) is 16.3. The highest BCUT2D eigenvalue weighted by Crippen LogP contribution is 2.24. The quantitative estimate of drug-likeness (QED) is 0.778. The molecule has 1 saturated heterocycles. The first kappa shape index (κ1) is 20.3. The lowest BCUT2D eigenvalue weighted by Gasteiger charge is -2.34. The van der Waals surface area contributed by atoms with Crippen LogP contribution in [0.2, 0.25) is 0 Å². The lowest BCUT2D eigenvalue weighted by molar-refractivity contribution is -0.0503. The van der Waals surface area contributed by atoms with Crippen LogP contribution in [0, 0.1) is 0 Å². The molecular formula is C20H25F2N3O3. The number of rotatable bonds is 5. The number of ether oxygens (including phenoxy) is 1. The van der Waals surface area contributed by atoms with E-state index >= 15 is 0 Å². The van der Waals surface area contributed by atoms with E-state index < -0.39 is 6.61 Å². The SMILES string of the molecule is CC(C)(C)c1cnc(CN2CCN(C(=O)c3ccccc3OC(F)F)CC2)o1. The van der Waals surface area contributed by atoms with Crippen molar-refractivity contribution in [1.82, 2.24) is 14.8 Å². The van der Waals surface area contributed by atoms with Gasteiger partial charge in [-0.3, -0.25) is 9.69 Å². The van der Waals surface area contributed by atoms with Gasteiger partial charge >= 0.3 is 6.61 Å². The average Bonchev–Trinajstić information content (AvgIpc) is 3.11. The second-order valence-electron chi connectivity index (χ2n) is 7.81. The van der Waals surface area contributed by atoms with Gasteiger partial charge in [-0.2, -0.15) is 8.78 Å². The van der Waals surface area contributed by atoms with Crippen LogP contribution in [0.4, 0.5) is 8.78 Å². The molecule has 0 spiro atoms. The number of piperazine rings is 1. The van der Waals surface area contributed by atoms with Crippen molar-refractivity contribution in [3.8, 4) is 5.75 Å². The molecule has 0 saturated carbocycles. The number of para-hydroxylation sites is 1. The van der Waals surface area contributed by atoms with Crippen molar-refractivity contribution < 1.29 is 22.7 Å². The second-order valence-corrected chi connectivity index (χ2v) is 7.81. The van der Waals surface area contributed by atoms with Crippen LogP contribution >= 0.6 is 0 Å². The fourth-order valence-electron chi connectivity index (χ4n) is 3.04. The van der Waals surface area contributed by atoms with Gasteiger partial charge in [-0.25, -0.2) is 4.98 Å². The van der Waals surface area contributed by atoms with E-state index in [9.17, 15) is 13.6 Å². The number of amides is 1. The Bertz CT molecular complexity index is 809. The van der Waals surface area contributed by atoms with E-state index in [0.29, 0.717) is 38.6 Å². The molecule has 0 atom stereocenters. The number of alkyl halides is 2. The molecule has 0 radical (unpaired) electrons. The molecule has 1 aliphatic heterocycles. The van der Waals surface area contributed by atoms with Crippen molar-refractivity contribution in [2.45, 2.75) is 39.3 Å². The molecule has 6 nitrogen and oxygen atoms in total. The van der Waals surface area contributed by atoms with Crippen LogP contribution in [0.1, 0.15) is 42.8 Å². The molecule has 1 fully saturated rings. The Morgan fingerprint density at radius 3 is 2.50 bits per heavy atom. The van der Waals surface area contributed by atoms with E-state index in [4.69, 9.17) is 4.42 Å². The summed E-state index contributed by atoms with van der Waals surface area (Å²) in [6, 6.07) is 6.09. The van der Waals surface area contributed by atoms with Crippen LogP contribution in [0.3, 0.4) is 0 Å². The van der Waals surface area contributed by atoms with Crippen molar-refractivity contribution in [2.24, 2.45) is 0 Å². The molecule has 0 aliphatic carbocycles. The van der Waals surface area contributed by atoms with Gasteiger partial charge in [0.15, 0.2) is 0 Å². The average molecular weight is 393 g/mol. The molecule has 0 N–H and O–H groups in total. The van der Waals surface area contributed by atoms with Gasteiger partial charge in [0.1, 0.15) is 11.5 Å². The number of halogens is 2. The fraction of sp³-hybridized carbons (Fsp3) is 0.500. The first-order valence-corrected chi connectivity index (χ1v) is 9.24. The van der Waals surface area contributed by atoms with Gasteiger partial charge in [-0.15, -0.1) is 0 Å². The molecule has 3 rings (SSSR count). The third-order valence-electron chi connectivity index (χ3n) is 4.64. The minimum atomic E-state index is -2.97. The van der Waals surface area contributed by atoms with Crippen molar-refractivity contribution >= 4 is 5.91 Å². The monoisotopic (exact) mass is 393 g/mol. The smallest absolute Gasteiger partial charge is 0.387 e. The van der Waals surface area contributed by atoms with E-state index in [0.717, 1.165) is 5.76 Å². The molecule has 2 heterocycles. The highest BCUT2D eigenvalue weighted by atomic mass is 19.3. The maximum absolute atomic E-state index is 12.7. The normalized spacial score (nSPS) is 15.9. The molecule has 152 valence electrons. The largest absolute Gasteiger partial charge is 0.444 e. The maximum atomic E-state index is 12.7. The van der Waals surface area contributed by atoms with Crippen molar-refractivity contribution in [2.75, 3.05) is 26.2 Å². The van der Waals surface area contributed by atoms with Gasteiger partial charge < -0.3 is 14.1 Å². The number of carbonyl (C=O) groups excluding carboxylic acids is 1. The zero-order chi connectivity index (χ0) is 20.3. The third kappa shape index (κ3) is 4.86. The number of aromatic nitrogens is 1. The van der Waals surface area contributed by atoms with Crippen LogP contribution in [-0.2, 0) is 12.0 Å². The number of oxazole rings is 1. The summed E-state index contributed by atoms with van der Waals surface area (Å²) in [7, 11) is 0. The zero-order valence-corrected chi connectivity index (χ0v) is 16.3. The summed E-state index contributed by atoms with van der Waals surface area (Å²) >= 11 is 0. The lowest BCUT2D eigenvalue weighted by atomic mass is 9.94. The maximum Gasteiger partial charge on any atom is 0.387 e. The number of hydrogen-bond donors (Lipinski definition) is 0. The summed E-state index contributed by atoms with van der Waals surface area (Å²) in [5.74, 6) is 1.09. The molecule has 1 aliphatic rings. The Morgan fingerprint density at radius 1 is 1.21 bits per heavy atom. The molecule has 2 aromatic rings. The van der Waals surface area contributed by atoms with Crippen LogP contribution < -0.4 is 4.74 Å². The number of hydrogen-bond acceptors (Lipinski definition) is 5.